The molecular weight excluding hydrogens is 240 g/mol. The van der Waals surface area contributed by atoms with E-state index in [9.17, 15) is 0 Å². The van der Waals surface area contributed by atoms with E-state index in [1.807, 2.05) is 25.1 Å². The minimum absolute atomic E-state index is 0.474. The fourth-order valence-corrected chi connectivity index (χ4v) is 2.45. The molecule has 0 unspecified atom stereocenters. The van der Waals surface area contributed by atoms with Crippen molar-refractivity contribution in [2.24, 2.45) is 0 Å². The summed E-state index contributed by atoms with van der Waals surface area (Å²) in [6, 6.07) is 5.72. The van der Waals surface area contributed by atoms with Crippen LogP contribution in [0.25, 0.3) is 0 Å². The van der Waals surface area contributed by atoms with Crippen LogP contribution >= 0.6 is 0 Å². The van der Waals surface area contributed by atoms with Gasteiger partial charge in [0.05, 0.1) is 19.3 Å². The standard InChI is InChI=1S/C15H24N2O2/c1-2-18-15-10-12(16)9-13(11-15)17-7-8-19-14-5-3-4-6-14/h9-11,14,17H,2-8,16H2,1H3. The summed E-state index contributed by atoms with van der Waals surface area (Å²) in [6.07, 6.45) is 5.52. The molecule has 0 amide bonds. The molecule has 0 heterocycles. The van der Waals surface area contributed by atoms with E-state index in [0.29, 0.717) is 18.4 Å². The molecule has 0 bridgehead atoms. The number of anilines is 2. The number of nitrogens with two attached hydrogens (primary N) is 1. The Balaban J connectivity index is 1.75. The number of nitrogen functional groups attached to an aromatic ring is 1. The van der Waals surface area contributed by atoms with Gasteiger partial charge in [-0.1, -0.05) is 12.8 Å². The highest BCUT2D eigenvalue weighted by Crippen LogP contribution is 2.23. The molecule has 1 aromatic carbocycles. The number of hydrogen-bond acceptors (Lipinski definition) is 4. The van der Waals surface area contributed by atoms with Crippen molar-refractivity contribution >= 4 is 11.4 Å². The van der Waals surface area contributed by atoms with E-state index in [2.05, 4.69) is 5.32 Å². The number of hydrogen-bond donors (Lipinski definition) is 2. The lowest BCUT2D eigenvalue weighted by Gasteiger charge is -2.13. The van der Waals surface area contributed by atoms with Gasteiger partial charge in [0.1, 0.15) is 5.75 Å². The first-order valence-electron chi connectivity index (χ1n) is 7.17. The van der Waals surface area contributed by atoms with Gasteiger partial charge in [-0.3, -0.25) is 0 Å². The molecule has 0 spiro atoms. The largest absolute Gasteiger partial charge is 0.494 e. The van der Waals surface area contributed by atoms with Crippen LogP contribution in [-0.2, 0) is 4.74 Å². The first-order chi connectivity index (χ1) is 9.28. The summed E-state index contributed by atoms with van der Waals surface area (Å²) in [7, 11) is 0. The summed E-state index contributed by atoms with van der Waals surface area (Å²) in [4.78, 5) is 0. The molecule has 4 heteroatoms. The summed E-state index contributed by atoms with van der Waals surface area (Å²) < 4.78 is 11.3. The Labute approximate surface area is 115 Å². The number of rotatable bonds is 7. The highest BCUT2D eigenvalue weighted by molar-refractivity contribution is 5.59. The Kier molecular flexibility index (Phi) is 5.33. The van der Waals surface area contributed by atoms with Crippen LogP contribution in [0, 0.1) is 0 Å². The van der Waals surface area contributed by atoms with Crippen molar-refractivity contribution < 1.29 is 9.47 Å². The van der Waals surface area contributed by atoms with Crippen molar-refractivity contribution in [1.82, 2.24) is 0 Å². The maximum absolute atomic E-state index is 5.84. The van der Waals surface area contributed by atoms with Gasteiger partial charge in [0.2, 0.25) is 0 Å². The lowest BCUT2D eigenvalue weighted by molar-refractivity contribution is 0.0659. The average molecular weight is 264 g/mol. The zero-order valence-corrected chi connectivity index (χ0v) is 11.7. The van der Waals surface area contributed by atoms with Crippen LogP contribution in [0.1, 0.15) is 32.6 Å². The predicted molar refractivity (Wildman–Crippen MR) is 78.7 cm³/mol. The van der Waals surface area contributed by atoms with Gasteiger partial charge >= 0.3 is 0 Å². The zero-order valence-electron chi connectivity index (χ0n) is 11.7. The molecule has 2 rings (SSSR count). The molecule has 3 N–H and O–H groups in total. The van der Waals surface area contributed by atoms with Crippen LogP contribution in [0.5, 0.6) is 5.75 Å². The van der Waals surface area contributed by atoms with Crippen molar-refractivity contribution in [1.29, 1.82) is 0 Å². The van der Waals surface area contributed by atoms with Crippen LogP contribution in [0.2, 0.25) is 0 Å². The topological polar surface area (TPSA) is 56.5 Å². The first-order valence-corrected chi connectivity index (χ1v) is 7.17. The molecule has 0 radical (unpaired) electrons. The Morgan fingerprint density at radius 3 is 2.79 bits per heavy atom. The SMILES string of the molecule is CCOc1cc(N)cc(NCCOC2CCCC2)c1. The van der Waals surface area contributed by atoms with Crippen LogP contribution in [-0.4, -0.2) is 25.9 Å². The third-order valence-electron chi connectivity index (χ3n) is 3.33. The molecule has 0 aromatic heterocycles. The minimum atomic E-state index is 0.474. The molecule has 1 saturated carbocycles. The van der Waals surface area contributed by atoms with Crippen molar-refractivity contribution in [3.05, 3.63) is 18.2 Å². The quantitative estimate of drug-likeness (QED) is 0.587. The molecule has 19 heavy (non-hydrogen) atoms. The number of benzene rings is 1. The highest BCUT2D eigenvalue weighted by Gasteiger charge is 2.14. The van der Waals surface area contributed by atoms with Crippen LogP contribution < -0.4 is 15.8 Å². The van der Waals surface area contributed by atoms with E-state index in [0.717, 1.165) is 24.6 Å². The minimum Gasteiger partial charge on any atom is -0.494 e. The van der Waals surface area contributed by atoms with E-state index < -0.39 is 0 Å². The second-order valence-electron chi connectivity index (χ2n) is 4.93. The Morgan fingerprint density at radius 1 is 1.26 bits per heavy atom. The number of ether oxygens (including phenoxy) is 2. The second-order valence-corrected chi connectivity index (χ2v) is 4.93. The molecule has 1 aliphatic carbocycles. The zero-order chi connectivity index (χ0) is 13.5. The summed E-state index contributed by atoms with van der Waals surface area (Å²) in [5, 5.41) is 3.32. The smallest absolute Gasteiger partial charge is 0.123 e. The van der Waals surface area contributed by atoms with Crippen molar-refractivity contribution in [3.63, 3.8) is 0 Å². The van der Waals surface area contributed by atoms with Crippen molar-refractivity contribution in [3.8, 4) is 5.75 Å². The summed E-state index contributed by atoms with van der Waals surface area (Å²) in [5.74, 6) is 0.807. The van der Waals surface area contributed by atoms with Gasteiger partial charge in [0.25, 0.3) is 0 Å². The highest BCUT2D eigenvalue weighted by atomic mass is 16.5. The molecule has 0 saturated heterocycles. The molecule has 4 nitrogen and oxygen atoms in total. The molecule has 1 aromatic rings. The third-order valence-corrected chi connectivity index (χ3v) is 3.33. The predicted octanol–water partition coefficient (Wildman–Crippen LogP) is 3.04. The van der Waals surface area contributed by atoms with E-state index in [1.165, 1.54) is 25.7 Å². The van der Waals surface area contributed by atoms with E-state index in [1.54, 1.807) is 0 Å². The van der Waals surface area contributed by atoms with Crippen LogP contribution in [0.15, 0.2) is 18.2 Å². The van der Waals surface area contributed by atoms with Crippen molar-refractivity contribution in [2.45, 2.75) is 38.7 Å². The number of nitrogens with one attached hydrogen (secondary N) is 1. The first kappa shape index (κ1) is 14.0. The van der Waals surface area contributed by atoms with Gasteiger partial charge in [-0.05, 0) is 25.8 Å². The van der Waals surface area contributed by atoms with Gasteiger partial charge in [-0.25, -0.2) is 0 Å². The molecular formula is C15H24N2O2. The lowest BCUT2D eigenvalue weighted by atomic mass is 10.2. The maximum Gasteiger partial charge on any atom is 0.123 e. The van der Waals surface area contributed by atoms with Crippen molar-refractivity contribution in [2.75, 3.05) is 30.8 Å². The molecule has 0 aliphatic heterocycles. The third kappa shape index (κ3) is 4.63. The van der Waals surface area contributed by atoms with Gasteiger partial charge in [0.15, 0.2) is 0 Å². The van der Waals surface area contributed by atoms with Crippen LogP contribution in [0.4, 0.5) is 11.4 Å². The van der Waals surface area contributed by atoms with Gasteiger partial charge in [0, 0.05) is 30.1 Å². The monoisotopic (exact) mass is 264 g/mol. The normalized spacial score (nSPS) is 15.6. The van der Waals surface area contributed by atoms with Gasteiger partial charge in [-0.15, -0.1) is 0 Å². The Morgan fingerprint density at radius 2 is 2.05 bits per heavy atom. The van der Waals surface area contributed by atoms with Crippen LogP contribution in [0.3, 0.4) is 0 Å². The second kappa shape index (κ2) is 7.24. The fraction of sp³-hybridized carbons (Fsp3) is 0.600. The van der Waals surface area contributed by atoms with Gasteiger partial charge in [-0.2, -0.15) is 0 Å². The average Bonchev–Trinajstić information content (AvgIpc) is 2.87. The Hall–Kier alpha value is -1.42. The van der Waals surface area contributed by atoms with E-state index >= 15 is 0 Å². The summed E-state index contributed by atoms with van der Waals surface area (Å²) in [6.45, 7) is 4.15. The fourth-order valence-electron chi connectivity index (χ4n) is 2.45. The van der Waals surface area contributed by atoms with E-state index in [4.69, 9.17) is 15.2 Å². The molecule has 106 valence electrons. The van der Waals surface area contributed by atoms with Gasteiger partial charge < -0.3 is 20.5 Å². The molecule has 0 atom stereocenters. The Bertz CT molecular complexity index is 390. The summed E-state index contributed by atoms with van der Waals surface area (Å²) >= 11 is 0. The molecule has 1 fully saturated rings. The lowest BCUT2D eigenvalue weighted by Crippen LogP contribution is -2.15. The molecule has 1 aliphatic rings. The van der Waals surface area contributed by atoms with E-state index in [-0.39, 0.29) is 0 Å². The summed E-state index contributed by atoms with van der Waals surface area (Å²) in [5.41, 5.74) is 7.54. The maximum atomic E-state index is 5.84.